The molecule has 0 spiro atoms. The summed E-state index contributed by atoms with van der Waals surface area (Å²) in [7, 11) is 1.42. The number of halogens is 2. The third-order valence-corrected chi connectivity index (χ3v) is 5.05. The van der Waals surface area contributed by atoms with Crippen molar-refractivity contribution < 1.29 is 18.7 Å². The van der Waals surface area contributed by atoms with E-state index in [1.807, 2.05) is 6.92 Å². The van der Waals surface area contributed by atoms with Gasteiger partial charge in [0.05, 0.1) is 23.3 Å². The summed E-state index contributed by atoms with van der Waals surface area (Å²) in [4.78, 5) is 17.1. The lowest BCUT2D eigenvalue weighted by Gasteiger charge is -2.14. The van der Waals surface area contributed by atoms with Gasteiger partial charge in [0.1, 0.15) is 17.4 Å². The van der Waals surface area contributed by atoms with Crippen LogP contribution in [0.15, 0.2) is 24.4 Å². The van der Waals surface area contributed by atoms with Gasteiger partial charge >= 0.3 is 0 Å². The Labute approximate surface area is 175 Å². The maximum absolute atomic E-state index is 14.9. The fourth-order valence-corrected chi connectivity index (χ4v) is 3.45. The van der Waals surface area contributed by atoms with Gasteiger partial charge in [-0.1, -0.05) is 22.9 Å². The van der Waals surface area contributed by atoms with E-state index in [-0.39, 0.29) is 21.9 Å². The number of anilines is 1. The minimum Gasteiger partial charge on any atom is -0.496 e. The molecule has 1 N–H and O–H groups in total. The standard InChI is InChI=1S/C19H18ClFN4O3S/c1-4-28-9-15-24-25-19(29-15)23-18(26)12-8-22-10(2)7-11(12)16-14(27-3)6-5-13(20)17(16)21/h5-8H,4,9H2,1-3H3,(H,23,25,26). The van der Waals surface area contributed by atoms with E-state index in [2.05, 4.69) is 20.5 Å². The van der Waals surface area contributed by atoms with Gasteiger partial charge in [0.2, 0.25) is 5.13 Å². The second-order valence-corrected chi connectivity index (χ2v) is 7.37. The highest BCUT2D eigenvalue weighted by molar-refractivity contribution is 7.15. The van der Waals surface area contributed by atoms with Crippen molar-refractivity contribution in [1.29, 1.82) is 0 Å². The fraction of sp³-hybridized carbons (Fsp3) is 0.263. The molecule has 0 atom stereocenters. The molecule has 1 aromatic carbocycles. The van der Waals surface area contributed by atoms with Gasteiger partial charge in [0.15, 0.2) is 5.82 Å². The number of carbonyl (C=O) groups excluding carboxylic acids is 1. The van der Waals surface area contributed by atoms with Gasteiger partial charge in [0.25, 0.3) is 5.91 Å². The highest BCUT2D eigenvalue weighted by Gasteiger charge is 2.22. The van der Waals surface area contributed by atoms with Gasteiger partial charge in [-0.25, -0.2) is 4.39 Å². The maximum Gasteiger partial charge on any atom is 0.259 e. The quantitative estimate of drug-likeness (QED) is 0.587. The van der Waals surface area contributed by atoms with Crippen molar-refractivity contribution in [2.75, 3.05) is 19.0 Å². The molecule has 1 amide bonds. The first kappa shape index (κ1) is 21.1. The minimum absolute atomic E-state index is 0.0775. The second-order valence-electron chi connectivity index (χ2n) is 5.90. The van der Waals surface area contributed by atoms with Crippen LogP contribution in [0, 0.1) is 12.7 Å². The van der Waals surface area contributed by atoms with Gasteiger partial charge in [0, 0.05) is 24.1 Å². The molecular formula is C19H18ClFN4O3S. The molecule has 2 aromatic heterocycles. The molecule has 29 heavy (non-hydrogen) atoms. The van der Waals surface area contributed by atoms with Crippen LogP contribution in [0.5, 0.6) is 5.75 Å². The molecule has 152 valence electrons. The zero-order valence-electron chi connectivity index (χ0n) is 16.0. The Morgan fingerprint density at radius 1 is 1.34 bits per heavy atom. The number of aromatic nitrogens is 3. The third kappa shape index (κ3) is 4.69. The van der Waals surface area contributed by atoms with Crippen LogP contribution in [0.1, 0.15) is 28.0 Å². The van der Waals surface area contributed by atoms with Crippen LogP contribution in [0.2, 0.25) is 5.02 Å². The number of amides is 1. The Bertz CT molecular complexity index is 1040. The van der Waals surface area contributed by atoms with E-state index in [9.17, 15) is 9.18 Å². The first-order valence-corrected chi connectivity index (χ1v) is 9.84. The molecule has 10 heteroatoms. The Balaban J connectivity index is 1.99. The Morgan fingerprint density at radius 3 is 2.86 bits per heavy atom. The number of benzene rings is 1. The molecule has 0 radical (unpaired) electrons. The van der Waals surface area contributed by atoms with Crippen molar-refractivity contribution in [3.8, 4) is 16.9 Å². The van der Waals surface area contributed by atoms with Crippen LogP contribution in [-0.4, -0.2) is 34.8 Å². The van der Waals surface area contributed by atoms with Crippen molar-refractivity contribution >= 4 is 34.0 Å². The second kappa shape index (κ2) is 9.25. The summed E-state index contributed by atoms with van der Waals surface area (Å²) in [6.45, 7) is 4.47. The van der Waals surface area contributed by atoms with E-state index in [1.165, 1.54) is 30.7 Å². The molecule has 0 aliphatic heterocycles. The zero-order valence-corrected chi connectivity index (χ0v) is 17.5. The van der Waals surface area contributed by atoms with Gasteiger partial charge < -0.3 is 9.47 Å². The number of pyridine rings is 1. The number of methoxy groups -OCH3 is 1. The van der Waals surface area contributed by atoms with E-state index >= 15 is 0 Å². The highest BCUT2D eigenvalue weighted by atomic mass is 35.5. The summed E-state index contributed by atoms with van der Waals surface area (Å²) >= 11 is 7.16. The molecular weight excluding hydrogens is 419 g/mol. The summed E-state index contributed by atoms with van der Waals surface area (Å²) in [5.41, 5.74) is 1.15. The Hall–Kier alpha value is -2.62. The lowest BCUT2D eigenvalue weighted by atomic mass is 9.98. The fourth-order valence-electron chi connectivity index (χ4n) is 2.62. The molecule has 0 fully saturated rings. The van der Waals surface area contributed by atoms with Crippen molar-refractivity contribution in [3.63, 3.8) is 0 Å². The van der Waals surface area contributed by atoms with Gasteiger partial charge in [-0.05, 0) is 32.0 Å². The van der Waals surface area contributed by atoms with Crippen LogP contribution in [0.4, 0.5) is 9.52 Å². The van der Waals surface area contributed by atoms with Crippen LogP contribution < -0.4 is 10.1 Å². The van der Waals surface area contributed by atoms with Crippen molar-refractivity contribution in [3.05, 3.63) is 51.5 Å². The molecule has 0 saturated carbocycles. The van der Waals surface area contributed by atoms with E-state index < -0.39 is 11.7 Å². The summed E-state index contributed by atoms with van der Waals surface area (Å²) in [6, 6.07) is 4.55. The predicted molar refractivity (Wildman–Crippen MR) is 109 cm³/mol. The monoisotopic (exact) mass is 436 g/mol. The Morgan fingerprint density at radius 2 is 2.14 bits per heavy atom. The zero-order chi connectivity index (χ0) is 21.0. The normalized spacial score (nSPS) is 10.8. The lowest BCUT2D eigenvalue weighted by Crippen LogP contribution is -2.14. The van der Waals surface area contributed by atoms with E-state index in [1.54, 1.807) is 19.1 Å². The number of rotatable bonds is 7. The van der Waals surface area contributed by atoms with E-state index in [0.717, 1.165) is 0 Å². The van der Waals surface area contributed by atoms with Gasteiger partial charge in [-0.3, -0.25) is 15.1 Å². The highest BCUT2D eigenvalue weighted by Crippen LogP contribution is 2.38. The molecule has 0 saturated heterocycles. The SMILES string of the molecule is CCOCc1nnc(NC(=O)c2cnc(C)cc2-c2c(OC)ccc(Cl)c2F)s1. The predicted octanol–water partition coefficient (Wildman–Crippen LogP) is 4.50. The Kier molecular flexibility index (Phi) is 6.73. The number of hydrogen-bond acceptors (Lipinski definition) is 7. The molecule has 0 unspecified atom stereocenters. The van der Waals surface area contributed by atoms with E-state index in [4.69, 9.17) is 21.1 Å². The van der Waals surface area contributed by atoms with Crippen LogP contribution in [0.3, 0.4) is 0 Å². The average molecular weight is 437 g/mol. The molecule has 3 aromatic rings. The summed E-state index contributed by atoms with van der Waals surface area (Å²) in [6.07, 6.45) is 1.38. The van der Waals surface area contributed by atoms with Gasteiger partial charge in [-0.2, -0.15) is 0 Å². The number of nitrogens with zero attached hydrogens (tertiary/aromatic N) is 3. The molecule has 0 aliphatic rings. The summed E-state index contributed by atoms with van der Waals surface area (Å²) in [5, 5.41) is 11.4. The number of carbonyl (C=O) groups is 1. The third-order valence-electron chi connectivity index (χ3n) is 3.95. The summed E-state index contributed by atoms with van der Waals surface area (Å²) in [5.74, 6) is -0.935. The maximum atomic E-state index is 14.9. The molecule has 2 heterocycles. The first-order chi connectivity index (χ1) is 13.9. The van der Waals surface area contributed by atoms with Crippen molar-refractivity contribution in [2.45, 2.75) is 20.5 Å². The average Bonchev–Trinajstić information content (AvgIpc) is 3.15. The molecule has 7 nitrogen and oxygen atoms in total. The molecule has 0 aliphatic carbocycles. The summed E-state index contributed by atoms with van der Waals surface area (Å²) < 4.78 is 25.4. The smallest absolute Gasteiger partial charge is 0.259 e. The lowest BCUT2D eigenvalue weighted by molar-refractivity contribution is 0.102. The van der Waals surface area contributed by atoms with Crippen molar-refractivity contribution in [1.82, 2.24) is 15.2 Å². The van der Waals surface area contributed by atoms with Crippen LogP contribution in [-0.2, 0) is 11.3 Å². The van der Waals surface area contributed by atoms with E-state index in [0.29, 0.717) is 34.6 Å². The number of hydrogen-bond donors (Lipinski definition) is 1. The molecule has 0 bridgehead atoms. The van der Waals surface area contributed by atoms with Gasteiger partial charge in [-0.15, -0.1) is 10.2 Å². The number of nitrogens with one attached hydrogen (secondary N) is 1. The van der Waals surface area contributed by atoms with Crippen LogP contribution in [0.25, 0.3) is 11.1 Å². The number of ether oxygens (including phenoxy) is 2. The first-order valence-electron chi connectivity index (χ1n) is 8.65. The largest absolute Gasteiger partial charge is 0.496 e. The van der Waals surface area contributed by atoms with Crippen LogP contribution >= 0.6 is 22.9 Å². The minimum atomic E-state index is -0.680. The topological polar surface area (TPSA) is 86.2 Å². The molecule has 3 rings (SSSR count). The number of aryl methyl sites for hydroxylation is 1. The van der Waals surface area contributed by atoms with Crippen molar-refractivity contribution in [2.24, 2.45) is 0 Å².